The number of aromatic nitrogens is 1. The number of rotatable bonds is 5. The summed E-state index contributed by atoms with van der Waals surface area (Å²) in [7, 11) is 1.27. The number of methoxy groups -OCH3 is 1. The summed E-state index contributed by atoms with van der Waals surface area (Å²) in [5.41, 5.74) is 3.75. The van der Waals surface area contributed by atoms with Crippen molar-refractivity contribution in [2.45, 2.75) is 26.0 Å². The molecule has 0 fully saturated rings. The van der Waals surface area contributed by atoms with Crippen molar-refractivity contribution in [3.05, 3.63) is 70.4 Å². The molecule has 3 aromatic rings. The first kappa shape index (κ1) is 17.5. The van der Waals surface area contributed by atoms with Gasteiger partial charge in [0.05, 0.1) is 7.11 Å². The number of aliphatic hydroxyl groups excluding tert-OH is 1. The standard InChI is InChI=1S/C20H20ClNO3/c1-3-15-11-17-16(19(23)20(24)25-2)8-5-9-18(17)22(15)12-13-6-4-7-14(21)10-13/h4-11,19,23H,3,12H2,1-2H3. The molecule has 0 bridgehead atoms. The molecule has 1 heterocycles. The third-order valence-electron chi connectivity index (χ3n) is 4.38. The van der Waals surface area contributed by atoms with Gasteiger partial charge in [0.25, 0.3) is 0 Å². The first-order valence-electron chi connectivity index (χ1n) is 8.16. The minimum Gasteiger partial charge on any atom is -0.467 e. The molecule has 3 rings (SSSR count). The lowest BCUT2D eigenvalue weighted by atomic mass is 10.0. The number of hydrogen-bond donors (Lipinski definition) is 1. The summed E-state index contributed by atoms with van der Waals surface area (Å²) < 4.78 is 6.87. The molecule has 1 atom stereocenters. The van der Waals surface area contributed by atoms with Gasteiger partial charge in [-0.05, 0) is 36.2 Å². The maximum absolute atomic E-state index is 11.8. The fourth-order valence-corrected chi connectivity index (χ4v) is 3.35. The van der Waals surface area contributed by atoms with E-state index in [9.17, 15) is 9.90 Å². The zero-order valence-corrected chi connectivity index (χ0v) is 15.0. The van der Waals surface area contributed by atoms with Crippen LogP contribution in [0.4, 0.5) is 0 Å². The van der Waals surface area contributed by atoms with Crippen LogP contribution >= 0.6 is 11.6 Å². The molecule has 1 aromatic heterocycles. The smallest absolute Gasteiger partial charge is 0.339 e. The van der Waals surface area contributed by atoms with E-state index < -0.39 is 12.1 Å². The third kappa shape index (κ3) is 3.41. The van der Waals surface area contributed by atoms with Gasteiger partial charge in [-0.1, -0.05) is 42.8 Å². The van der Waals surface area contributed by atoms with E-state index in [-0.39, 0.29) is 0 Å². The maximum atomic E-state index is 11.8. The van der Waals surface area contributed by atoms with Crippen LogP contribution in [0, 0.1) is 0 Å². The molecule has 130 valence electrons. The van der Waals surface area contributed by atoms with Crippen molar-refractivity contribution in [3.8, 4) is 0 Å². The molecule has 0 aliphatic rings. The Hall–Kier alpha value is -2.30. The highest BCUT2D eigenvalue weighted by molar-refractivity contribution is 6.30. The van der Waals surface area contributed by atoms with E-state index in [2.05, 4.69) is 16.2 Å². The Morgan fingerprint density at radius 3 is 2.68 bits per heavy atom. The summed E-state index contributed by atoms with van der Waals surface area (Å²) in [4.78, 5) is 11.8. The first-order chi connectivity index (χ1) is 12.0. The number of esters is 1. The maximum Gasteiger partial charge on any atom is 0.339 e. The molecule has 2 aromatic carbocycles. The Morgan fingerprint density at radius 1 is 1.24 bits per heavy atom. The number of nitrogens with zero attached hydrogens (tertiary/aromatic N) is 1. The lowest BCUT2D eigenvalue weighted by Crippen LogP contribution is -2.13. The quantitative estimate of drug-likeness (QED) is 0.699. The molecule has 0 aliphatic heterocycles. The second-order valence-corrected chi connectivity index (χ2v) is 6.35. The van der Waals surface area contributed by atoms with Crippen LogP contribution in [-0.2, 0) is 22.5 Å². The van der Waals surface area contributed by atoms with Gasteiger partial charge in [0.2, 0.25) is 0 Å². The van der Waals surface area contributed by atoms with Crippen LogP contribution in [0.2, 0.25) is 5.02 Å². The number of carbonyl (C=O) groups excluding carboxylic acids is 1. The van der Waals surface area contributed by atoms with Crippen molar-refractivity contribution in [1.82, 2.24) is 4.57 Å². The Balaban J connectivity index is 2.11. The van der Waals surface area contributed by atoms with Crippen molar-refractivity contribution < 1.29 is 14.6 Å². The molecular formula is C20H20ClNO3. The Labute approximate surface area is 151 Å². The van der Waals surface area contributed by atoms with Gasteiger partial charge in [0.15, 0.2) is 6.10 Å². The molecule has 1 unspecified atom stereocenters. The van der Waals surface area contributed by atoms with Crippen molar-refractivity contribution in [1.29, 1.82) is 0 Å². The second-order valence-electron chi connectivity index (χ2n) is 5.91. The van der Waals surface area contributed by atoms with Crippen molar-refractivity contribution in [2.24, 2.45) is 0 Å². The average molecular weight is 358 g/mol. The molecule has 5 heteroatoms. The highest BCUT2D eigenvalue weighted by Crippen LogP contribution is 2.29. The molecule has 1 N–H and O–H groups in total. The molecule has 0 amide bonds. The van der Waals surface area contributed by atoms with Crippen molar-refractivity contribution in [2.75, 3.05) is 7.11 Å². The molecular weight excluding hydrogens is 338 g/mol. The van der Waals surface area contributed by atoms with Gasteiger partial charge in [-0.3, -0.25) is 0 Å². The summed E-state index contributed by atoms with van der Waals surface area (Å²) in [6.45, 7) is 2.75. The number of aryl methyl sites for hydroxylation is 1. The van der Waals surface area contributed by atoms with Crippen molar-refractivity contribution in [3.63, 3.8) is 0 Å². The van der Waals surface area contributed by atoms with Gasteiger partial charge in [-0.15, -0.1) is 0 Å². The van der Waals surface area contributed by atoms with Gasteiger partial charge in [-0.2, -0.15) is 0 Å². The van der Waals surface area contributed by atoms with Crippen LogP contribution in [0.15, 0.2) is 48.5 Å². The SMILES string of the molecule is CCc1cc2c(C(O)C(=O)OC)cccc2n1Cc1cccc(Cl)c1. The molecule has 4 nitrogen and oxygen atoms in total. The number of hydrogen-bond acceptors (Lipinski definition) is 3. The van der Waals surface area contributed by atoms with Crippen LogP contribution in [0.25, 0.3) is 10.9 Å². The highest BCUT2D eigenvalue weighted by atomic mass is 35.5. The van der Waals surface area contributed by atoms with E-state index >= 15 is 0 Å². The van der Waals surface area contributed by atoms with Gasteiger partial charge in [-0.25, -0.2) is 4.79 Å². The molecule has 0 saturated heterocycles. The molecule has 25 heavy (non-hydrogen) atoms. The fourth-order valence-electron chi connectivity index (χ4n) is 3.14. The number of halogens is 1. The summed E-state index contributed by atoms with van der Waals surface area (Å²) >= 11 is 6.10. The monoisotopic (exact) mass is 357 g/mol. The number of ether oxygens (including phenoxy) is 1. The Kier molecular flexibility index (Phi) is 5.11. The molecule has 0 saturated carbocycles. The van der Waals surface area contributed by atoms with Crippen LogP contribution in [0.3, 0.4) is 0 Å². The lowest BCUT2D eigenvalue weighted by molar-refractivity contribution is -0.150. The largest absolute Gasteiger partial charge is 0.467 e. The van der Waals surface area contributed by atoms with E-state index in [1.165, 1.54) is 7.11 Å². The van der Waals surface area contributed by atoms with E-state index in [0.29, 0.717) is 17.1 Å². The van der Waals surface area contributed by atoms with Gasteiger partial charge < -0.3 is 14.4 Å². The van der Waals surface area contributed by atoms with Gasteiger partial charge in [0, 0.05) is 33.7 Å². The van der Waals surface area contributed by atoms with Crippen LogP contribution in [-0.4, -0.2) is 22.8 Å². The third-order valence-corrected chi connectivity index (χ3v) is 4.61. The zero-order valence-electron chi connectivity index (χ0n) is 14.2. The minimum absolute atomic E-state index is 0.559. The number of carbonyl (C=O) groups is 1. The van der Waals surface area contributed by atoms with Crippen LogP contribution in [0.5, 0.6) is 0 Å². The molecule has 0 spiro atoms. The minimum atomic E-state index is -1.29. The van der Waals surface area contributed by atoms with Crippen molar-refractivity contribution >= 4 is 28.5 Å². The molecule has 0 radical (unpaired) electrons. The summed E-state index contributed by atoms with van der Waals surface area (Å²) in [6, 6.07) is 15.4. The van der Waals surface area contributed by atoms with Crippen LogP contribution in [0.1, 0.15) is 29.8 Å². The predicted octanol–water partition coefficient (Wildman–Crippen LogP) is 4.11. The Bertz CT molecular complexity index is 916. The van der Waals surface area contributed by atoms with E-state index in [1.807, 2.05) is 42.5 Å². The first-order valence-corrected chi connectivity index (χ1v) is 8.54. The van der Waals surface area contributed by atoms with E-state index in [0.717, 1.165) is 28.6 Å². The topological polar surface area (TPSA) is 51.5 Å². The summed E-state index contributed by atoms with van der Waals surface area (Å²) in [5.74, 6) is -0.659. The lowest BCUT2D eigenvalue weighted by Gasteiger charge is -2.12. The highest BCUT2D eigenvalue weighted by Gasteiger charge is 2.22. The van der Waals surface area contributed by atoms with E-state index in [1.54, 1.807) is 6.07 Å². The van der Waals surface area contributed by atoms with Crippen LogP contribution < -0.4 is 0 Å². The average Bonchev–Trinajstić information content (AvgIpc) is 2.98. The zero-order chi connectivity index (χ0) is 18.0. The van der Waals surface area contributed by atoms with Gasteiger partial charge in [0.1, 0.15) is 0 Å². The summed E-state index contributed by atoms with van der Waals surface area (Å²) in [6.07, 6.45) is -0.455. The number of benzene rings is 2. The molecule has 0 aliphatic carbocycles. The second kappa shape index (κ2) is 7.30. The number of fused-ring (bicyclic) bond motifs is 1. The van der Waals surface area contributed by atoms with E-state index in [4.69, 9.17) is 11.6 Å². The number of aliphatic hydroxyl groups is 1. The summed E-state index contributed by atoms with van der Waals surface area (Å²) in [5, 5.41) is 11.8. The Morgan fingerprint density at radius 2 is 2.00 bits per heavy atom. The normalized spacial score (nSPS) is 12.3. The van der Waals surface area contributed by atoms with Gasteiger partial charge >= 0.3 is 5.97 Å². The predicted molar refractivity (Wildman–Crippen MR) is 98.8 cm³/mol. The fraction of sp³-hybridized carbons (Fsp3) is 0.250.